The van der Waals surface area contributed by atoms with Gasteiger partial charge in [-0.15, -0.1) is 0 Å². The van der Waals surface area contributed by atoms with Crippen LogP contribution in [0.15, 0.2) is 48.9 Å². The van der Waals surface area contributed by atoms with Gasteiger partial charge in [-0.1, -0.05) is 29.8 Å². The fourth-order valence-corrected chi connectivity index (χ4v) is 4.83. The van der Waals surface area contributed by atoms with Crippen molar-refractivity contribution in [2.75, 3.05) is 6.61 Å². The van der Waals surface area contributed by atoms with E-state index in [9.17, 15) is 9.90 Å². The standard InChI is InChI=1S/C22H22ClN3O5/c1-20(2)30-19-21(28,12-29-18(27)14-6-4-3-5-7-14)9-10-22(19,31-20)26-11-8-15-16(23)24-13-25-17(15)26/h3-8,11,13,19,28H,9-10,12H2,1-2H3/t19-,21-,22+/m1/s1. The zero-order valence-corrected chi connectivity index (χ0v) is 17.9. The first-order valence-electron chi connectivity index (χ1n) is 10.0. The first-order chi connectivity index (χ1) is 14.7. The van der Waals surface area contributed by atoms with Crippen molar-refractivity contribution >= 4 is 28.6 Å². The highest BCUT2D eigenvalue weighted by Crippen LogP contribution is 2.54. The topological polar surface area (TPSA) is 95.7 Å². The number of rotatable bonds is 4. The predicted molar refractivity (Wildman–Crippen MR) is 111 cm³/mol. The Kier molecular flexibility index (Phi) is 4.60. The summed E-state index contributed by atoms with van der Waals surface area (Å²) in [6.45, 7) is 3.36. The van der Waals surface area contributed by atoms with Crippen molar-refractivity contribution in [3.8, 4) is 0 Å². The van der Waals surface area contributed by atoms with Gasteiger partial charge in [0.05, 0.1) is 10.9 Å². The molecule has 162 valence electrons. The van der Waals surface area contributed by atoms with Crippen molar-refractivity contribution in [3.63, 3.8) is 0 Å². The third kappa shape index (κ3) is 3.22. The van der Waals surface area contributed by atoms with Crippen molar-refractivity contribution in [3.05, 3.63) is 59.6 Å². The summed E-state index contributed by atoms with van der Waals surface area (Å²) in [5.74, 6) is -1.47. The molecule has 3 atom stereocenters. The first kappa shape index (κ1) is 20.4. The van der Waals surface area contributed by atoms with Crippen LogP contribution in [-0.4, -0.2) is 49.7 Å². The SMILES string of the molecule is CC1(C)O[C@@H]2[C@](O)(COC(=O)c3ccccc3)CC[C@]2(n2ccc3c(Cl)ncnc32)O1. The van der Waals surface area contributed by atoms with Gasteiger partial charge in [-0.3, -0.25) is 0 Å². The monoisotopic (exact) mass is 443 g/mol. The van der Waals surface area contributed by atoms with Gasteiger partial charge >= 0.3 is 5.97 Å². The van der Waals surface area contributed by atoms with E-state index in [1.807, 2.05) is 22.9 Å². The van der Waals surface area contributed by atoms with E-state index < -0.39 is 29.2 Å². The summed E-state index contributed by atoms with van der Waals surface area (Å²) in [5.41, 5.74) is -1.47. The van der Waals surface area contributed by atoms with Gasteiger partial charge in [0.2, 0.25) is 0 Å². The Morgan fingerprint density at radius 2 is 2.03 bits per heavy atom. The fourth-order valence-electron chi connectivity index (χ4n) is 4.64. The van der Waals surface area contributed by atoms with Crippen molar-refractivity contribution < 1.29 is 24.1 Å². The van der Waals surface area contributed by atoms with E-state index in [1.54, 1.807) is 38.1 Å². The van der Waals surface area contributed by atoms with Crippen molar-refractivity contribution in [2.24, 2.45) is 0 Å². The summed E-state index contributed by atoms with van der Waals surface area (Å²) in [7, 11) is 0. The van der Waals surface area contributed by atoms with Crippen LogP contribution < -0.4 is 0 Å². The number of hydrogen-bond donors (Lipinski definition) is 1. The number of aliphatic hydroxyl groups is 1. The minimum absolute atomic E-state index is 0.221. The van der Waals surface area contributed by atoms with Gasteiger partial charge in [0, 0.05) is 12.6 Å². The third-order valence-corrected chi connectivity index (χ3v) is 6.24. The lowest BCUT2D eigenvalue weighted by Gasteiger charge is -2.33. The molecule has 1 aliphatic carbocycles. The third-order valence-electron chi connectivity index (χ3n) is 5.94. The molecule has 31 heavy (non-hydrogen) atoms. The van der Waals surface area contributed by atoms with Crippen LogP contribution in [0.2, 0.25) is 5.15 Å². The molecular formula is C22H22ClN3O5. The number of aromatic nitrogens is 3. The molecule has 0 unspecified atom stereocenters. The summed E-state index contributed by atoms with van der Waals surface area (Å²) in [4.78, 5) is 20.8. The normalized spacial score (nSPS) is 29.2. The van der Waals surface area contributed by atoms with Crippen LogP contribution in [0.3, 0.4) is 0 Å². The van der Waals surface area contributed by atoms with Crippen molar-refractivity contribution in [1.29, 1.82) is 0 Å². The molecule has 0 spiro atoms. The Morgan fingerprint density at radius 1 is 1.26 bits per heavy atom. The van der Waals surface area contributed by atoms with Gasteiger partial charge in [-0.05, 0) is 38.5 Å². The van der Waals surface area contributed by atoms with Crippen LogP contribution in [-0.2, 0) is 19.9 Å². The molecule has 2 aliphatic rings. The summed E-state index contributed by atoms with van der Waals surface area (Å²) in [6, 6.07) is 10.5. The molecule has 0 bridgehead atoms. The number of carbonyl (C=O) groups is 1. The molecule has 1 saturated heterocycles. The maximum atomic E-state index is 12.4. The first-order valence-corrected chi connectivity index (χ1v) is 10.4. The molecule has 1 aliphatic heterocycles. The van der Waals surface area contributed by atoms with E-state index in [4.69, 9.17) is 25.8 Å². The molecule has 1 saturated carbocycles. The van der Waals surface area contributed by atoms with E-state index >= 15 is 0 Å². The van der Waals surface area contributed by atoms with E-state index in [1.165, 1.54) is 6.33 Å². The van der Waals surface area contributed by atoms with Gasteiger partial charge in [0.15, 0.2) is 11.5 Å². The molecule has 5 rings (SSSR count). The number of carbonyl (C=O) groups excluding carboxylic acids is 1. The fraction of sp³-hybridized carbons (Fsp3) is 0.409. The molecule has 1 aromatic carbocycles. The second kappa shape index (κ2) is 7.00. The molecule has 0 amide bonds. The van der Waals surface area contributed by atoms with Crippen LogP contribution in [0.25, 0.3) is 11.0 Å². The highest BCUT2D eigenvalue weighted by atomic mass is 35.5. The molecule has 2 aromatic heterocycles. The van der Waals surface area contributed by atoms with E-state index in [2.05, 4.69) is 9.97 Å². The number of hydrogen-bond acceptors (Lipinski definition) is 7. The molecule has 8 nitrogen and oxygen atoms in total. The Morgan fingerprint density at radius 3 is 2.81 bits per heavy atom. The highest BCUT2D eigenvalue weighted by Gasteiger charge is 2.67. The summed E-state index contributed by atoms with van der Waals surface area (Å²) < 4.78 is 19.9. The summed E-state index contributed by atoms with van der Waals surface area (Å²) in [5, 5.41) is 12.5. The smallest absolute Gasteiger partial charge is 0.338 e. The Balaban J connectivity index is 1.48. The average molecular weight is 444 g/mol. The minimum atomic E-state index is -1.44. The Bertz CT molecular complexity index is 1150. The summed E-state index contributed by atoms with van der Waals surface area (Å²) >= 11 is 6.23. The van der Waals surface area contributed by atoms with Crippen LogP contribution in [0.5, 0.6) is 0 Å². The molecule has 9 heteroatoms. The highest BCUT2D eigenvalue weighted by molar-refractivity contribution is 6.33. The molecule has 2 fully saturated rings. The maximum Gasteiger partial charge on any atom is 0.338 e. The quantitative estimate of drug-likeness (QED) is 0.488. The van der Waals surface area contributed by atoms with Gasteiger partial charge in [-0.25, -0.2) is 14.8 Å². The Hall–Kier alpha value is -2.52. The maximum absolute atomic E-state index is 12.4. The van der Waals surface area contributed by atoms with Crippen molar-refractivity contribution in [2.45, 2.75) is 49.9 Å². The second-order valence-electron chi connectivity index (χ2n) is 8.48. The second-order valence-corrected chi connectivity index (χ2v) is 8.84. The zero-order chi connectivity index (χ0) is 21.9. The molecule has 3 heterocycles. The minimum Gasteiger partial charge on any atom is -0.459 e. The molecule has 0 radical (unpaired) electrons. The number of halogens is 1. The molecule has 3 aromatic rings. The number of esters is 1. The lowest BCUT2D eigenvalue weighted by Crippen LogP contribution is -2.51. The van der Waals surface area contributed by atoms with Crippen LogP contribution in [0, 0.1) is 0 Å². The molecule has 1 N–H and O–H groups in total. The van der Waals surface area contributed by atoms with Gasteiger partial charge in [0.25, 0.3) is 0 Å². The number of fused-ring (bicyclic) bond motifs is 2. The lowest BCUT2D eigenvalue weighted by atomic mass is 9.98. The van der Waals surface area contributed by atoms with E-state index in [0.717, 1.165) is 0 Å². The number of ether oxygens (including phenoxy) is 3. The van der Waals surface area contributed by atoms with Gasteiger partial charge in [-0.2, -0.15) is 0 Å². The van der Waals surface area contributed by atoms with Gasteiger partial charge in [0.1, 0.15) is 35.4 Å². The summed E-state index contributed by atoms with van der Waals surface area (Å²) in [6.07, 6.45) is 3.16. The van der Waals surface area contributed by atoms with Crippen LogP contribution in [0.1, 0.15) is 37.0 Å². The number of benzene rings is 1. The van der Waals surface area contributed by atoms with Crippen molar-refractivity contribution in [1.82, 2.24) is 14.5 Å². The number of nitrogens with zero attached hydrogens (tertiary/aromatic N) is 3. The predicted octanol–water partition coefficient (Wildman–Crippen LogP) is 3.27. The van der Waals surface area contributed by atoms with E-state index in [-0.39, 0.29) is 6.61 Å². The zero-order valence-electron chi connectivity index (χ0n) is 17.1. The van der Waals surface area contributed by atoms with Gasteiger partial charge < -0.3 is 23.9 Å². The van der Waals surface area contributed by atoms with E-state index in [0.29, 0.717) is 34.6 Å². The average Bonchev–Trinajstić information content (AvgIpc) is 3.38. The van der Waals surface area contributed by atoms with Crippen LogP contribution in [0.4, 0.5) is 0 Å². The Labute approximate surface area is 183 Å². The van der Waals surface area contributed by atoms with Crippen LogP contribution >= 0.6 is 11.6 Å². The lowest BCUT2D eigenvalue weighted by molar-refractivity contribution is -0.196. The largest absolute Gasteiger partial charge is 0.459 e. The molecular weight excluding hydrogens is 422 g/mol.